The summed E-state index contributed by atoms with van der Waals surface area (Å²) < 4.78 is 3.06. The molecule has 0 aromatic rings. The van der Waals surface area contributed by atoms with Crippen molar-refractivity contribution >= 4 is 16.3 Å². The van der Waals surface area contributed by atoms with Crippen molar-refractivity contribution in [2.45, 2.75) is 6.92 Å². The summed E-state index contributed by atoms with van der Waals surface area (Å²) >= 11 is 0. The number of rotatable bonds is 0. The molecule has 3 heteroatoms. The Kier molecular flexibility index (Phi) is 1.84. The van der Waals surface area contributed by atoms with Crippen molar-refractivity contribution in [2.24, 2.45) is 4.66 Å². The van der Waals surface area contributed by atoms with Crippen LogP contribution in [-0.4, -0.2) is 16.3 Å². The first kappa shape index (κ1) is 4.69. The molecule has 0 bridgehead atoms. The highest BCUT2D eigenvalue weighted by Crippen LogP contribution is 1.49. The molecule has 0 aromatic carbocycles. The van der Waals surface area contributed by atoms with Gasteiger partial charge in [0.2, 0.25) is 10.4 Å². The molecule has 2 nitrogen and oxygen atoms in total. The predicted octanol–water partition coefficient (Wildman–Crippen LogP) is -1.15. The lowest BCUT2D eigenvalue weighted by molar-refractivity contribution is -0.215. The molecule has 0 N–H and O–H groups in total. The average molecular weight is 85.1 g/mol. The van der Waals surface area contributed by atoms with Gasteiger partial charge in [-0.15, -0.1) is 0 Å². The maximum Gasteiger partial charge on any atom is 0.219 e. The van der Waals surface area contributed by atoms with Crippen LogP contribution in [0, 0.1) is 0 Å². The quantitative estimate of drug-likeness (QED) is 0.208. The standard InChI is InChI=1S/C2H4NOSi/c1-2(4)3-5/h1H3,(H,3,4)/p-1. The molecule has 0 atom stereocenters. The van der Waals surface area contributed by atoms with Gasteiger partial charge in [0.15, 0.2) is 0 Å². The summed E-state index contributed by atoms with van der Waals surface area (Å²) in [4.78, 5) is 0. The Morgan fingerprint density at radius 3 is 2.20 bits per heavy atom. The van der Waals surface area contributed by atoms with Gasteiger partial charge in [0, 0.05) is 0 Å². The van der Waals surface area contributed by atoms with Crippen LogP contribution < -0.4 is 5.11 Å². The summed E-state index contributed by atoms with van der Waals surface area (Å²) in [5.74, 6) is -0.207. The zero-order chi connectivity index (χ0) is 4.28. The second kappa shape index (κ2) is 1.96. The number of hydrogen-bond donors (Lipinski definition) is 0. The molecular formula is C2H3NOSi-. The monoisotopic (exact) mass is 85.0 g/mol. The first-order valence-corrected chi connectivity index (χ1v) is 1.60. The van der Waals surface area contributed by atoms with E-state index in [2.05, 4.69) is 15.1 Å². The van der Waals surface area contributed by atoms with Gasteiger partial charge in [-0.25, -0.2) is 0 Å². The van der Waals surface area contributed by atoms with Gasteiger partial charge in [-0.3, -0.25) is 0 Å². The van der Waals surface area contributed by atoms with Gasteiger partial charge in [0.05, 0.1) is 0 Å². The third kappa shape index (κ3) is 3.69. The normalized spacial score (nSPS) is 12.0. The van der Waals surface area contributed by atoms with Gasteiger partial charge >= 0.3 is 0 Å². The van der Waals surface area contributed by atoms with Gasteiger partial charge in [0.1, 0.15) is 0 Å². The minimum Gasteiger partial charge on any atom is -0.863 e. The highest BCUT2D eigenvalue weighted by atomic mass is 28.2. The van der Waals surface area contributed by atoms with E-state index < -0.39 is 0 Å². The van der Waals surface area contributed by atoms with Crippen LogP contribution in [0.1, 0.15) is 6.92 Å². The van der Waals surface area contributed by atoms with E-state index in [4.69, 9.17) is 0 Å². The molecule has 0 unspecified atom stereocenters. The van der Waals surface area contributed by atoms with E-state index in [1.54, 1.807) is 0 Å². The van der Waals surface area contributed by atoms with Gasteiger partial charge in [0.25, 0.3) is 0 Å². The van der Waals surface area contributed by atoms with E-state index in [0.717, 1.165) is 0 Å². The molecule has 0 spiro atoms. The molecule has 0 amide bonds. The van der Waals surface area contributed by atoms with Crippen LogP contribution in [0.25, 0.3) is 0 Å². The molecule has 0 saturated heterocycles. The van der Waals surface area contributed by atoms with E-state index in [0.29, 0.717) is 0 Å². The fourth-order valence-corrected chi connectivity index (χ4v) is 0. The highest BCUT2D eigenvalue weighted by molar-refractivity contribution is 6.10. The lowest BCUT2D eigenvalue weighted by Gasteiger charge is -1.94. The van der Waals surface area contributed by atoms with Crippen LogP contribution in [0.3, 0.4) is 0 Å². The van der Waals surface area contributed by atoms with E-state index >= 15 is 0 Å². The van der Waals surface area contributed by atoms with E-state index in [1.807, 2.05) is 0 Å². The second-order valence-corrected chi connectivity index (χ2v) is 0.854. The third-order valence-corrected chi connectivity index (χ3v) is 0.472. The summed E-state index contributed by atoms with van der Waals surface area (Å²) in [7, 11) is 2.63. The van der Waals surface area contributed by atoms with Crippen molar-refractivity contribution < 1.29 is 5.11 Å². The van der Waals surface area contributed by atoms with Crippen molar-refractivity contribution in [3.8, 4) is 0 Å². The molecule has 0 rings (SSSR count). The fourth-order valence-electron chi connectivity index (χ4n) is 0. The maximum absolute atomic E-state index is 9.60. The van der Waals surface area contributed by atoms with Gasteiger partial charge in [-0.1, -0.05) is 5.90 Å². The highest BCUT2D eigenvalue weighted by Gasteiger charge is 1.50. The van der Waals surface area contributed by atoms with Gasteiger partial charge < -0.3 is 9.76 Å². The Labute approximate surface area is 34.0 Å². The molecule has 0 saturated carbocycles. The first-order chi connectivity index (χ1) is 2.27. The van der Waals surface area contributed by atoms with Crippen molar-refractivity contribution in [1.82, 2.24) is 0 Å². The van der Waals surface area contributed by atoms with Crippen LogP contribution in [-0.2, 0) is 0 Å². The largest absolute Gasteiger partial charge is 0.863 e. The van der Waals surface area contributed by atoms with Gasteiger partial charge in [-0.2, -0.15) is 0 Å². The summed E-state index contributed by atoms with van der Waals surface area (Å²) in [5, 5.41) is 9.60. The first-order valence-electron chi connectivity index (χ1n) is 1.15. The van der Waals surface area contributed by atoms with E-state index in [1.165, 1.54) is 6.92 Å². The molecule has 0 aliphatic carbocycles. The molecule has 0 aromatic heterocycles. The lowest BCUT2D eigenvalue weighted by atomic mass is 10.8. The minimum absolute atomic E-state index is 0.207. The van der Waals surface area contributed by atoms with Crippen molar-refractivity contribution in [1.29, 1.82) is 0 Å². The molecule has 5 heavy (non-hydrogen) atoms. The number of hydrogen-bond acceptors (Lipinski definition) is 2. The van der Waals surface area contributed by atoms with Crippen LogP contribution >= 0.6 is 0 Å². The van der Waals surface area contributed by atoms with Crippen LogP contribution in [0.15, 0.2) is 4.66 Å². The molecule has 0 heterocycles. The van der Waals surface area contributed by atoms with Crippen LogP contribution in [0.2, 0.25) is 0 Å². The number of nitrogens with zero attached hydrogens (tertiary/aromatic N) is 1. The molecule has 3 radical (unpaired) electrons. The third-order valence-electron chi connectivity index (χ3n) is 0.157. The molecule has 27 valence electrons. The second-order valence-electron chi connectivity index (χ2n) is 0.631. The van der Waals surface area contributed by atoms with Crippen molar-refractivity contribution in [3.63, 3.8) is 0 Å². The van der Waals surface area contributed by atoms with E-state index in [9.17, 15) is 5.11 Å². The Hall–Kier alpha value is -0.313. The molecule has 0 aliphatic heterocycles. The summed E-state index contributed by atoms with van der Waals surface area (Å²) in [6, 6.07) is 0. The average Bonchev–Trinajstić information content (AvgIpc) is 1.38. The Balaban J connectivity index is 3.14. The zero-order valence-corrected chi connectivity index (χ0v) is 3.86. The van der Waals surface area contributed by atoms with Gasteiger partial charge in [-0.05, 0) is 6.92 Å². The Morgan fingerprint density at radius 2 is 2.20 bits per heavy atom. The maximum atomic E-state index is 9.60. The zero-order valence-electron chi connectivity index (χ0n) is 2.86. The Morgan fingerprint density at radius 1 is 2.00 bits per heavy atom. The summed E-state index contributed by atoms with van der Waals surface area (Å²) in [5.41, 5.74) is 0. The predicted molar refractivity (Wildman–Crippen MR) is 18.9 cm³/mol. The lowest BCUT2D eigenvalue weighted by Crippen LogP contribution is -2.11. The summed E-state index contributed by atoms with van der Waals surface area (Å²) in [6.45, 7) is 1.37. The molecular weight excluding hydrogens is 82.1 g/mol. The smallest absolute Gasteiger partial charge is 0.219 e. The van der Waals surface area contributed by atoms with Crippen LogP contribution in [0.4, 0.5) is 0 Å². The van der Waals surface area contributed by atoms with Crippen molar-refractivity contribution in [2.75, 3.05) is 0 Å². The fraction of sp³-hybridized carbons (Fsp3) is 0.500. The topological polar surface area (TPSA) is 35.4 Å². The summed E-state index contributed by atoms with van der Waals surface area (Å²) in [6.07, 6.45) is 0. The van der Waals surface area contributed by atoms with Crippen molar-refractivity contribution in [3.05, 3.63) is 0 Å². The Bertz CT molecular complexity index is 47.6. The SMILES string of the molecule is C/C([O-])=N/[Si]. The molecule has 0 aliphatic rings. The molecule has 0 fully saturated rings. The van der Waals surface area contributed by atoms with Crippen LogP contribution in [0.5, 0.6) is 0 Å². The minimum atomic E-state index is -0.207. The van der Waals surface area contributed by atoms with E-state index in [-0.39, 0.29) is 5.90 Å².